The van der Waals surface area contributed by atoms with Crippen molar-refractivity contribution in [2.24, 2.45) is 0 Å². The topological polar surface area (TPSA) is 75.6 Å². The van der Waals surface area contributed by atoms with Crippen molar-refractivity contribution in [3.8, 4) is 0 Å². The van der Waals surface area contributed by atoms with Gasteiger partial charge in [-0.25, -0.2) is 4.79 Å². The van der Waals surface area contributed by atoms with Crippen LogP contribution in [0.2, 0.25) is 0 Å². The number of carbonyl (C=O) groups is 2. The van der Waals surface area contributed by atoms with E-state index >= 15 is 0 Å². The van der Waals surface area contributed by atoms with Crippen molar-refractivity contribution >= 4 is 17.6 Å². The molecule has 1 unspecified atom stereocenters. The third kappa shape index (κ3) is 3.30. The smallest absolute Gasteiger partial charge is 0.336 e. The average molecular weight is 251 g/mol. The van der Waals surface area contributed by atoms with Crippen molar-refractivity contribution < 1.29 is 19.4 Å². The summed E-state index contributed by atoms with van der Waals surface area (Å²) in [6.45, 7) is 3.55. The van der Waals surface area contributed by atoms with E-state index in [0.717, 1.165) is 0 Å². The Morgan fingerprint density at radius 3 is 2.61 bits per heavy atom. The zero-order chi connectivity index (χ0) is 13.7. The molecule has 1 aromatic rings. The molecule has 1 rings (SSSR count). The molecule has 0 aliphatic heterocycles. The van der Waals surface area contributed by atoms with Crippen LogP contribution < -0.4 is 5.32 Å². The normalized spacial score (nSPS) is 11.9. The second-order valence-corrected chi connectivity index (χ2v) is 3.96. The Morgan fingerprint density at radius 1 is 1.44 bits per heavy atom. The number of rotatable bonds is 5. The number of hydrogen-bond donors (Lipinski definition) is 2. The van der Waals surface area contributed by atoms with Gasteiger partial charge in [0.2, 0.25) is 0 Å². The number of nitrogens with one attached hydrogen (secondary N) is 1. The third-order valence-electron chi connectivity index (χ3n) is 2.68. The standard InChI is InChI=1S/C13H17NO4/c1-4-11(18-3)12(15)14-9-6-5-8(2)10(7-9)13(16)17/h5-7,11H,4H2,1-3H3,(H,14,15)(H,16,17). The summed E-state index contributed by atoms with van der Waals surface area (Å²) in [5, 5.41) is 11.6. The number of carboxylic acids is 1. The molecule has 1 atom stereocenters. The number of carbonyl (C=O) groups excluding carboxylic acids is 1. The molecule has 18 heavy (non-hydrogen) atoms. The Bertz CT molecular complexity index is 452. The van der Waals surface area contributed by atoms with Crippen molar-refractivity contribution in [3.63, 3.8) is 0 Å². The number of aryl methyl sites for hydroxylation is 1. The van der Waals surface area contributed by atoms with E-state index in [2.05, 4.69) is 5.32 Å². The van der Waals surface area contributed by atoms with Crippen LogP contribution in [0.1, 0.15) is 29.3 Å². The Hall–Kier alpha value is -1.88. The molecule has 2 N–H and O–H groups in total. The molecule has 5 heteroatoms. The monoisotopic (exact) mass is 251 g/mol. The first kappa shape index (κ1) is 14.2. The second-order valence-electron chi connectivity index (χ2n) is 3.96. The van der Waals surface area contributed by atoms with Gasteiger partial charge in [-0.15, -0.1) is 0 Å². The van der Waals surface area contributed by atoms with E-state index in [0.29, 0.717) is 17.7 Å². The molecule has 0 saturated heterocycles. The van der Waals surface area contributed by atoms with Gasteiger partial charge in [-0.2, -0.15) is 0 Å². The van der Waals surface area contributed by atoms with Crippen LogP contribution in [-0.2, 0) is 9.53 Å². The molecule has 0 spiro atoms. The lowest BCUT2D eigenvalue weighted by Crippen LogP contribution is -2.28. The lowest BCUT2D eigenvalue weighted by atomic mass is 10.1. The van der Waals surface area contributed by atoms with Crippen molar-refractivity contribution in [2.45, 2.75) is 26.4 Å². The SMILES string of the molecule is CCC(OC)C(=O)Nc1ccc(C)c(C(=O)O)c1. The number of aromatic carboxylic acids is 1. The van der Waals surface area contributed by atoms with Crippen molar-refractivity contribution in [1.82, 2.24) is 0 Å². The first-order chi connectivity index (χ1) is 8.49. The van der Waals surface area contributed by atoms with Crippen LogP contribution in [0.15, 0.2) is 18.2 Å². The zero-order valence-corrected chi connectivity index (χ0v) is 10.7. The molecular formula is C13H17NO4. The molecule has 0 heterocycles. The van der Waals surface area contributed by atoms with Crippen LogP contribution in [0.25, 0.3) is 0 Å². The quantitative estimate of drug-likeness (QED) is 0.839. The van der Waals surface area contributed by atoms with E-state index in [9.17, 15) is 9.59 Å². The van der Waals surface area contributed by atoms with E-state index in [1.807, 2.05) is 6.92 Å². The lowest BCUT2D eigenvalue weighted by Gasteiger charge is -2.13. The molecule has 0 fully saturated rings. The van der Waals surface area contributed by atoms with Gasteiger partial charge in [0.1, 0.15) is 6.10 Å². The molecule has 0 radical (unpaired) electrons. The van der Waals surface area contributed by atoms with Crippen LogP contribution in [0.5, 0.6) is 0 Å². The highest BCUT2D eigenvalue weighted by atomic mass is 16.5. The van der Waals surface area contributed by atoms with Crippen LogP contribution in [0.3, 0.4) is 0 Å². The lowest BCUT2D eigenvalue weighted by molar-refractivity contribution is -0.125. The molecule has 98 valence electrons. The van der Waals surface area contributed by atoms with Crippen molar-refractivity contribution in [2.75, 3.05) is 12.4 Å². The van der Waals surface area contributed by atoms with Gasteiger partial charge >= 0.3 is 5.97 Å². The van der Waals surface area contributed by atoms with Gasteiger partial charge in [-0.3, -0.25) is 4.79 Å². The number of carboxylic acid groups (broad SMARTS) is 1. The summed E-state index contributed by atoms with van der Waals surface area (Å²) in [5.74, 6) is -1.29. The maximum Gasteiger partial charge on any atom is 0.336 e. The van der Waals surface area contributed by atoms with Crippen molar-refractivity contribution in [1.29, 1.82) is 0 Å². The number of hydrogen-bond acceptors (Lipinski definition) is 3. The summed E-state index contributed by atoms with van der Waals surface area (Å²) >= 11 is 0. The van der Waals surface area contributed by atoms with Crippen molar-refractivity contribution in [3.05, 3.63) is 29.3 Å². The Balaban J connectivity index is 2.89. The van der Waals surface area contributed by atoms with Gasteiger partial charge in [-0.05, 0) is 31.0 Å². The Labute approximate surface area is 106 Å². The Morgan fingerprint density at radius 2 is 2.11 bits per heavy atom. The van der Waals surface area contributed by atoms with Gasteiger partial charge in [0.15, 0.2) is 0 Å². The molecular weight excluding hydrogens is 234 g/mol. The molecule has 0 aromatic heterocycles. The van der Waals surface area contributed by atoms with E-state index < -0.39 is 12.1 Å². The fourth-order valence-corrected chi connectivity index (χ4v) is 1.61. The van der Waals surface area contributed by atoms with E-state index in [1.54, 1.807) is 19.1 Å². The number of ether oxygens (including phenoxy) is 1. The maximum absolute atomic E-state index is 11.8. The molecule has 0 saturated carbocycles. The van der Waals surface area contributed by atoms with E-state index in [4.69, 9.17) is 9.84 Å². The van der Waals surface area contributed by atoms with Gasteiger partial charge < -0.3 is 15.2 Å². The number of amides is 1. The minimum Gasteiger partial charge on any atom is -0.478 e. The van der Waals surface area contributed by atoms with Gasteiger partial charge in [-0.1, -0.05) is 13.0 Å². The maximum atomic E-state index is 11.8. The van der Waals surface area contributed by atoms with Crippen LogP contribution in [0, 0.1) is 6.92 Å². The highest BCUT2D eigenvalue weighted by Gasteiger charge is 2.16. The fourth-order valence-electron chi connectivity index (χ4n) is 1.61. The van der Waals surface area contributed by atoms with Gasteiger partial charge in [0.25, 0.3) is 5.91 Å². The highest BCUT2D eigenvalue weighted by molar-refractivity contribution is 5.96. The minimum absolute atomic E-state index is 0.179. The predicted octanol–water partition coefficient (Wildman–Crippen LogP) is 2.06. The molecule has 0 aliphatic carbocycles. The first-order valence-corrected chi connectivity index (χ1v) is 5.67. The summed E-state index contributed by atoms with van der Waals surface area (Å²) in [4.78, 5) is 22.7. The molecule has 0 bridgehead atoms. The minimum atomic E-state index is -1.01. The molecule has 5 nitrogen and oxygen atoms in total. The van der Waals surface area contributed by atoms with Crippen LogP contribution >= 0.6 is 0 Å². The molecule has 1 amide bonds. The summed E-state index contributed by atoms with van der Waals surface area (Å²) in [7, 11) is 1.46. The number of methoxy groups -OCH3 is 1. The molecule has 1 aromatic carbocycles. The zero-order valence-electron chi connectivity index (χ0n) is 10.7. The summed E-state index contributed by atoms with van der Waals surface area (Å²) in [5.41, 5.74) is 1.29. The summed E-state index contributed by atoms with van der Waals surface area (Å²) < 4.78 is 5.01. The first-order valence-electron chi connectivity index (χ1n) is 5.67. The van der Waals surface area contributed by atoms with Crippen LogP contribution in [-0.4, -0.2) is 30.2 Å². The van der Waals surface area contributed by atoms with E-state index in [1.165, 1.54) is 13.2 Å². The van der Waals surface area contributed by atoms with E-state index in [-0.39, 0.29) is 11.5 Å². The summed E-state index contributed by atoms with van der Waals surface area (Å²) in [6, 6.07) is 4.77. The average Bonchev–Trinajstić information content (AvgIpc) is 2.32. The molecule has 0 aliphatic rings. The number of anilines is 1. The predicted molar refractivity (Wildman–Crippen MR) is 67.9 cm³/mol. The van der Waals surface area contributed by atoms with Crippen LogP contribution in [0.4, 0.5) is 5.69 Å². The van der Waals surface area contributed by atoms with Gasteiger partial charge in [0, 0.05) is 12.8 Å². The Kier molecular flexibility index (Phi) is 4.85. The number of benzene rings is 1. The van der Waals surface area contributed by atoms with Gasteiger partial charge in [0.05, 0.1) is 5.56 Å². The second kappa shape index (κ2) is 6.16. The summed E-state index contributed by atoms with van der Waals surface area (Å²) in [6.07, 6.45) is 0.0274. The largest absolute Gasteiger partial charge is 0.478 e. The third-order valence-corrected chi connectivity index (χ3v) is 2.68. The highest BCUT2D eigenvalue weighted by Crippen LogP contribution is 2.16. The fraction of sp³-hybridized carbons (Fsp3) is 0.385.